The van der Waals surface area contributed by atoms with Crippen LogP contribution >= 0.6 is 0 Å². The lowest BCUT2D eigenvalue weighted by Gasteiger charge is -2.23. The first-order valence-electron chi connectivity index (χ1n) is 7.70. The summed E-state index contributed by atoms with van der Waals surface area (Å²) in [6.07, 6.45) is 0. The van der Waals surface area contributed by atoms with Gasteiger partial charge in [-0.1, -0.05) is 50.2 Å². The van der Waals surface area contributed by atoms with E-state index < -0.39 is 0 Å². The van der Waals surface area contributed by atoms with Gasteiger partial charge in [-0.15, -0.1) is 0 Å². The van der Waals surface area contributed by atoms with Crippen LogP contribution in [-0.2, 0) is 0 Å². The molecule has 3 heteroatoms. The predicted octanol–water partition coefficient (Wildman–Crippen LogP) is 4.21. The fourth-order valence-corrected chi connectivity index (χ4v) is 2.41. The SMILES string of the molecule is CCOc1cccc(C(=O)N[C@@H](c2ccccc2)C(C)C)c1. The summed E-state index contributed by atoms with van der Waals surface area (Å²) >= 11 is 0. The second-order valence-corrected chi connectivity index (χ2v) is 5.57. The molecular formula is C19H23NO2. The van der Waals surface area contributed by atoms with E-state index in [0.717, 1.165) is 11.3 Å². The first-order chi connectivity index (χ1) is 10.6. The van der Waals surface area contributed by atoms with Crippen LogP contribution in [0.1, 0.15) is 42.7 Å². The van der Waals surface area contributed by atoms with Crippen molar-refractivity contribution in [2.24, 2.45) is 5.92 Å². The van der Waals surface area contributed by atoms with Crippen molar-refractivity contribution in [3.05, 3.63) is 65.7 Å². The Kier molecular flexibility index (Phi) is 5.59. The molecule has 0 saturated heterocycles. The fourth-order valence-electron chi connectivity index (χ4n) is 2.41. The number of hydrogen-bond acceptors (Lipinski definition) is 2. The number of ether oxygens (including phenoxy) is 1. The molecular weight excluding hydrogens is 274 g/mol. The van der Waals surface area contributed by atoms with Crippen molar-refractivity contribution in [2.45, 2.75) is 26.8 Å². The highest BCUT2D eigenvalue weighted by Crippen LogP contribution is 2.22. The van der Waals surface area contributed by atoms with Crippen LogP contribution in [0.2, 0.25) is 0 Å². The standard InChI is InChI=1S/C19H23NO2/c1-4-22-17-12-8-11-16(13-17)19(21)20-18(14(2)3)15-9-6-5-7-10-15/h5-14,18H,4H2,1-3H3,(H,20,21)/t18-/m1/s1. The van der Waals surface area contributed by atoms with Crippen LogP contribution in [0.4, 0.5) is 0 Å². The molecule has 0 spiro atoms. The molecule has 1 atom stereocenters. The van der Waals surface area contributed by atoms with Crippen LogP contribution in [0.15, 0.2) is 54.6 Å². The zero-order valence-electron chi connectivity index (χ0n) is 13.4. The second kappa shape index (κ2) is 7.64. The van der Waals surface area contributed by atoms with Gasteiger partial charge in [0.2, 0.25) is 0 Å². The van der Waals surface area contributed by atoms with E-state index in [-0.39, 0.29) is 11.9 Å². The van der Waals surface area contributed by atoms with Gasteiger partial charge in [-0.25, -0.2) is 0 Å². The van der Waals surface area contributed by atoms with Crippen molar-refractivity contribution in [3.8, 4) is 5.75 Å². The van der Waals surface area contributed by atoms with Crippen molar-refractivity contribution in [3.63, 3.8) is 0 Å². The number of carbonyl (C=O) groups excluding carboxylic acids is 1. The van der Waals surface area contributed by atoms with E-state index in [4.69, 9.17) is 4.74 Å². The van der Waals surface area contributed by atoms with Crippen molar-refractivity contribution < 1.29 is 9.53 Å². The van der Waals surface area contributed by atoms with Gasteiger partial charge in [0, 0.05) is 5.56 Å². The van der Waals surface area contributed by atoms with E-state index in [1.165, 1.54) is 0 Å². The summed E-state index contributed by atoms with van der Waals surface area (Å²) in [5.74, 6) is 0.946. The Hall–Kier alpha value is -2.29. The zero-order chi connectivity index (χ0) is 15.9. The van der Waals surface area contributed by atoms with Gasteiger partial charge in [-0.05, 0) is 36.6 Å². The monoisotopic (exact) mass is 297 g/mol. The Morgan fingerprint density at radius 1 is 1.09 bits per heavy atom. The maximum atomic E-state index is 12.5. The molecule has 3 nitrogen and oxygen atoms in total. The van der Waals surface area contributed by atoms with E-state index in [1.807, 2.05) is 49.4 Å². The van der Waals surface area contributed by atoms with Crippen LogP contribution in [0.3, 0.4) is 0 Å². The van der Waals surface area contributed by atoms with Crippen molar-refractivity contribution in [1.29, 1.82) is 0 Å². The molecule has 0 aliphatic rings. The van der Waals surface area contributed by atoms with Crippen LogP contribution in [0.25, 0.3) is 0 Å². The summed E-state index contributed by atoms with van der Waals surface area (Å²) in [4.78, 5) is 12.5. The van der Waals surface area contributed by atoms with Gasteiger partial charge in [-0.2, -0.15) is 0 Å². The highest BCUT2D eigenvalue weighted by Gasteiger charge is 2.19. The number of carbonyl (C=O) groups is 1. The van der Waals surface area contributed by atoms with Crippen LogP contribution in [0, 0.1) is 5.92 Å². The summed E-state index contributed by atoms with van der Waals surface area (Å²) in [6, 6.07) is 17.3. The molecule has 0 saturated carbocycles. The summed E-state index contributed by atoms with van der Waals surface area (Å²) in [7, 11) is 0. The van der Waals surface area contributed by atoms with Crippen molar-refractivity contribution >= 4 is 5.91 Å². The molecule has 0 aromatic heterocycles. The average Bonchev–Trinajstić information content (AvgIpc) is 2.53. The molecule has 116 valence electrons. The molecule has 2 aromatic carbocycles. The Morgan fingerprint density at radius 3 is 2.45 bits per heavy atom. The number of rotatable bonds is 6. The first-order valence-corrected chi connectivity index (χ1v) is 7.70. The molecule has 2 rings (SSSR count). The minimum absolute atomic E-state index is 0.00977. The average molecular weight is 297 g/mol. The minimum Gasteiger partial charge on any atom is -0.494 e. The maximum Gasteiger partial charge on any atom is 0.251 e. The Labute approximate surface area is 132 Å². The van der Waals surface area contributed by atoms with E-state index in [1.54, 1.807) is 12.1 Å². The molecule has 0 radical (unpaired) electrons. The van der Waals surface area contributed by atoms with Gasteiger partial charge in [0.1, 0.15) is 5.75 Å². The molecule has 0 aliphatic heterocycles. The molecule has 0 aliphatic carbocycles. The summed E-state index contributed by atoms with van der Waals surface area (Å²) in [5.41, 5.74) is 1.74. The highest BCUT2D eigenvalue weighted by molar-refractivity contribution is 5.94. The first kappa shape index (κ1) is 16.1. The van der Waals surface area contributed by atoms with E-state index in [2.05, 4.69) is 19.2 Å². The van der Waals surface area contributed by atoms with Crippen LogP contribution < -0.4 is 10.1 Å². The highest BCUT2D eigenvalue weighted by atomic mass is 16.5. The lowest BCUT2D eigenvalue weighted by Crippen LogP contribution is -2.31. The lowest BCUT2D eigenvalue weighted by atomic mass is 9.95. The van der Waals surface area contributed by atoms with E-state index in [0.29, 0.717) is 18.1 Å². The molecule has 0 fully saturated rings. The van der Waals surface area contributed by atoms with E-state index in [9.17, 15) is 4.79 Å². The molecule has 0 bridgehead atoms. The van der Waals surface area contributed by atoms with Gasteiger partial charge < -0.3 is 10.1 Å². The number of nitrogens with one attached hydrogen (secondary N) is 1. The summed E-state index contributed by atoms with van der Waals surface area (Å²) in [5, 5.41) is 3.12. The normalized spacial score (nSPS) is 12.0. The lowest BCUT2D eigenvalue weighted by molar-refractivity contribution is 0.0925. The quantitative estimate of drug-likeness (QED) is 0.867. The molecule has 0 heterocycles. The zero-order valence-corrected chi connectivity index (χ0v) is 13.4. The summed E-state index contributed by atoms with van der Waals surface area (Å²) < 4.78 is 5.45. The topological polar surface area (TPSA) is 38.3 Å². The molecule has 0 unspecified atom stereocenters. The Bertz CT molecular complexity index is 608. The summed E-state index contributed by atoms with van der Waals surface area (Å²) in [6.45, 7) is 6.73. The van der Waals surface area contributed by atoms with Crippen molar-refractivity contribution in [1.82, 2.24) is 5.32 Å². The predicted molar refractivity (Wildman–Crippen MR) is 89.1 cm³/mol. The third-order valence-corrected chi connectivity index (χ3v) is 3.52. The third-order valence-electron chi connectivity index (χ3n) is 3.52. The fraction of sp³-hybridized carbons (Fsp3) is 0.316. The number of benzene rings is 2. The Morgan fingerprint density at radius 2 is 1.82 bits per heavy atom. The number of amides is 1. The Balaban J connectivity index is 2.16. The van der Waals surface area contributed by atoms with Gasteiger partial charge in [0.25, 0.3) is 5.91 Å². The largest absolute Gasteiger partial charge is 0.494 e. The van der Waals surface area contributed by atoms with Gasteiger partial charge in [-0.3, -0.25) is 4.79 Å². The second-order valence-electron chi connectivity index (χ2n) is 5.57. The van der Waals surface area contributed by atoms with Gasteiger partial charge in [0.05, 0.1) is 12.6 Å². The number of hydrogen-bond donors (Lipinski definition) is 1. The smallest absolute Gasteiger partial charge is 0.251 e. The van der Waals surface area contributed by atoms with Crippen LogP contribution in [-0.4, -0.2) is 12.5 Å². The maximum absolute atomic E-state index is 12.5. The van der Waals surface area contributed by atoms with Gasteiger partial charge >= 0.3 is 0 Å². The van der Waals surface area contributed by atoms with Gasteiger partial charge in [0.15, 0.2) is 0 Å². The molecule has 1 N–H and O–H groups in total. The molecule has 2 aromatic rings. The third kappa shape index (κ3) is 4.10. The van der Waals surface area contributed by atoms with E-state index >= 15 is 0 Å². The minimum atomic E-state index is -0.0795. The van der Waals surface area contributed by atoms with Crippen molar-refractivity contribution in [2.75, 3.05) is 6.61 Å². The molecule has 1 amide bonds. The molecule has 22 heavy (non-hydrogen) atoms. The van der Waals surface area contributed by atoms with Crippen LogP contribution in [0.5, 0.6) is 5.75 Å².